The topological polar surface area (TPSA) is 78.9 Å². The molecule has 2 N–H and O–H groups in total. The second-order valence-electron chi connectivity index (χ2n) is 4.92. The van der Waals surface area contributed by atoms with Gasteiger partial charge in [-0.3, -0.25) is 4.79 Å². The van der Waals surface area contributed by atoms with Crippen LogP contribution in [0.3, 0.4) is 0 Å². The van der Waals surface area contributed by atoms with Gasteiger partial charge in [0.15, 0.2) is 0 Å². The molecule has 0 radical (unpaired) electrons. The molecular weight excluding hydrogens is 292 g/mol. The number of rotatable bonds is 6. The molecule has 116 valence electrons. The number of thiophene rings is 1. The van der Waals surface area contributed by atoms with Gasteiger partial charge in [0.05, 0.1) is 13.2 Å². The van der Waals surface area contributed by atoms with Crippen LogP contribution in [0.2, 0.25) is 0 Å². The molecule has 2 rings (SSSR count). The van der Waals surface area contributed by atoms with Crippen molar-refractivity contribution in [3.05, 3.63) is 21.4 Å². The summed E-state index contributed by atoms with van der Waals surface area (Å²) in [5, 5.41) is 12.1. The van der Waals surface area contributed by atoms with Crippen LogP contribution >= 0.6 is 11.3 Å². The zero-order chi connectivity index (χ0) is 15.2. The molecule has 1 aromatic rings. The SMILES string of the molecule is Cc1sc(C(=O)O)cc1CNCCC(=O)N1CCOCC1. The Morgan fingerprint density at radius 2 is 2.14 bits per heavy atom. The van der Waals surface area contributed by atoms with Crippen molar-refractivity contribution in [3.63, 3.8) is 0 Å². The average Bonchev–Trinajstić information content (AvgIpc) is 2.86. The molecule has 1 fully saturated rings. The quantitative estimate of drug-likeness (QED) is 0.769. The molecular formula is C14H20N2O4S. The van der Waals surface area contributed by atoms with E-state index in [9.17, 15) is 9.59 Å². The lowest BCUT2D eigenvalue weighted by Crippen LogP contribution is -2.41. The zero-order valence-corrected chi connectivity index (χ0v) is 12.9. The number of nitrogens with one attached hydrogen (secondary N) is 1. The van der Waals surface area contributed by atoms with Gasteiger partial charge in [0.25, 0.3) is 0 Å². The molecule has 1 saturated heterocycles. The third-order valence-corrected chi connectivity index (χ3v) is 4.51. The molecule has 0 bridgehead atoms. The van der Waals surface area contributed by atoms with E-state index >= 15 is 0 Å². The van der Waals surface area contributed by atoms with Crippen molar-refractivity contribution < 1.29 is 19.4 Å². The fourth-order valence-electron chi connectivity index (χ4n) is 2.19. The molecule has 0 unspecified atom stereocenters. The summed E-state index contributed by atoms with van der Waals surface area (Å²) in [5.74, 6) is -0.754. The highest BCUT2D eigenvalue weighted by atomic mass is 32.1. The summed E-state index contributed by atoms with van der Waals surface area (Å²) in [6.07, 6.45) is 0.453. The monoisotopic (exact) mass is 312 g/mol. The third kappa shape index (κ3) is 4.52. The highest BCUT2D eigenvalue weighted by Gasteiger charge is 2.16. The Bertz CT molecular complexity index is 509. The first-order chi connectivity index (χ1) is 10.1. The van der Waals surface area contributed by atoms with Crippen LogP contribution in [0.25, 0.3) is 0 Å². The Hall–Kier alpha value is -1.44. The van der Waals surface area contributed by atoms with Gasteiger partial charge in [-0.15, -0.1) is 11.3 Å². The number of aromatic carboxylic acids is 1. The zero-order valence-electron chi connectivity index (χ0n) is 12.1. The van der Waals surface area contributed by atoms with Crippen LogP contribution in [0.4, 0.5) is 0 Å². The maximum absolute atomic E-state index is 11.9. The van der Waals surface area contributed by atoms with E-state index in [0.29, 0.717) is 50.7 Å². The Balaban J connectivity index is 1.72. The highest BCUT2D eigenvalue weighted by molar-refractivity contribution is 7.14. The van der Waals surface area contributed by atoms with Gasteiger partial charge in [-0.1, -0.05) is 0 Å². The van der Waals surface area contributed by atoms with E-state index in [1.54, 1.807) is 6.07 Å². The first-order valence-corrected chi connectivity index (χ1v) is 7.78. The van der Waals surface area contributed by atoms with E-state index < -0.39 is 5.97 Å². The van der Waals surface area contributed by atoms with Crippen LogP contribution in [-0.4, -0.2) is 54.7 Å². The molecule has 21 heavy (non-hydrogen) atoms. The normalized spacial score (nSPS) is 15.2. The van der Waals surface area contributed by atoms with Gasteiger partial charge in [0, 0.05) is 37.5 Å². The van der Waals surface area contributed by atoms with E-state index in [1.807, 2.05) is 11.8 Å². The summed E-state index contributed by atoms with van der Waals surface area (Å²) in [6.45, 7) is 5.66. The molecule has 0 atom stereocenters. The summed E-state index contributed by atoms with van der Waals surface area (Å²) in [4.78, 5) is 26.0. The number of hydrogen-bond acceptors (Lipinski definition) is 5. The maximum Gasteiger partial charge on any atom is 0.345 e. The Morgan fingerprint density at radius 3 is 2.76 bits per heavy atom. The second kappa shape index (κ2) is 7.53. The number of carboxylic acids is 1. The van der Waals surface area contributed by atoms with Crippen LogP contribution < -0.4 is 5.32 Å². The van der Waals surface area contributed by atoms with E-state index in [4.69, 9.17) is 9.84 Å². The molecule has 2 heterocycles. The number of morpholine rings is 1. The fourth-order valence-corrected chi connectivity index (χ4v) is 3.07. The largest absolute Gasteiger partial charge is 0.477 e. The van der Waals surface area contributed by atoms with Crippen molar-refractivity contribution in [2.45, 2.75) is 19.9 Å². The van der Waals surface area contributed by atoms with Crippen molar-refractivity contribution in [3.8, 4) is 0 Å². The number of carbonyl (C=O) groups excluding carboxylic acids is 1. The minimum atomic E-state index is -0.892. The number of nitrogens with zero attached hydrogens (tertiary/aromatic N) is 1. The Labute approximate surface area is 127 Å². The molecule has 1 aliphatic heterocycles. The standard InChI is InChI=1S/C14H20N2O4S/c1-10-11(8-12(21-10)14(18)19)9-15-3-2-13(17)16-4-6-20-7-5-16/h8,15H,2-7,9H2,1H3,(H,18,19). The van der Waals surface area contributed by atoms with Crippen molar-refractivity contribution in [2.24, 2.45) is 0 Å². The van der Waals surface area contributed by atoms with Crippen LogP contribution in [-0.2, 0) is 16.1 Å². The number of carboxylic acid groups (broad SMARTS) is 1. The smallest absolute Gasteiger partial charge is 0.345 e. The van der Waals surface area contributed by atoms with Crippen molar-refractivity contribution >= 4 is 23.2 Å². The van der Waals surface area contributed by atoms with Crippen LogP contribution in [0.1, 0.15) is 26.5 Å². The first-order valence-electron chi connectivity index (χ1n) is 6.97. The van der Waals surface area contributed by atoms with Crippen LogP contribution in [0, 0.1) is 6.92 Å². The van der Waals surface area contributed by atoms with E-state index in [2.05, 4.69) is 5.32 Å². The molecule has 0 aromatic carbocycles. The predicted octanol–water partition coefficient (Wildman–Crippen LogP) is 1.09. The lowest BCUT2D eigenvalue weighted by molar-refractivity contribution is -0.135. The lowest BCUT2D eigenvalue weighted by Gasteiger charge is -2.26. The van der Waals surface area contributed by atoms with Crippen molar-refractivity contribution in [2.75, 3.05) is 32.8 Å². The van der Waals surface area contributed by atoms with Gasteiger partial charge in [-0.2, -0.15) is 0 Å². The molecule has 0 aliphatic carbocycles. The lowest BCUT2D eigenvalue weighted by atomic mass is 10.2. The van der Waals surface area contributed by atoms with Gasteiger partial charge in [0.1, 0.15) is 4.88 Å². The Morgan fingerprint density at radius 1 is 1.43 bits per heavy atom. The number of amides is 1. The first kappa shape index (κ1) is 15.9. The predicted molar refractivity (Wildman–Crippen MR) is 79.7 cm³/mol. The number of carbonyl (C=O) groups is 2. The molecule has 0 saturated carbocycles. The molecule has 6 nitrogen and oxygen atoms in total. The molecule has 7 heteroatoms. The minimum absolute atomic E-state index is 0.138. The molecule has 0 spiro atoms. The van der Waals surface area contributed by atoms with Gasteiger partial charge in [0.2, 0.25) is 5.91 Å². The van der Waals surface area contributed by atoms with Gasteiger partial charge < -0.3 is 20.1 Å². The fraction of sp³-hybridized carbons (Fsp3) is 0.571. The van der Waals surface area contributed by atoms with Gasteiger partial charge in [-0.25, -0.2) is 4.79 Å². The molecule has 1 amide bonds. The maximum atomic E-state index is 11.9. The van der Waals surface area contributed by atoms with E-state index in [0.717, 1.165) is 10.4 Å². The summed E-state index contributed by atoms with van der Waals surface area (Å²) in [6, 6.07) is 1.69. The van der Waals surface area contributed by atoms with E-state index in [-0.39, 0.29) is 5.91 Å². The Kier molecular flexibility index (Phi) is 5.72. The van der Waals surface area contributed by atoms with Crippen LogP contribution in [0.15, 0.2) is 6.07 Å². The highest BCUT2D eigenvalue weighted by Crippen LogP contribution is 2.21. The van der Waals surface area contributed by atoms with Gasteiger partial charge >= 0.3 is 5.97 Å². The summed E-state index contributed by atoms with van der Waals surface area (Å²) in [5.41, 5.74) is 0.983. The summed E-state index contributed by atoms with van der Waals surface area (Å²) < 4.78 is 5.21. The number of hydrogen-bond donors (Lipinski definition) is 2. The molecule has 1 aliphatic rings. The van der Waals surface area contributed by atoms with Crippen LogP contribution in [0.5, 0.6) is 0 Å². The summed E-state index contributed by atoms with van der Waals surface area (Å²) >= 11 is 1.28. The average molecular weight is 312 g/mol. The van der Waals surface area contributed by atoms with Gasteiger partial charge in [-0.05, 0) is 18.6 Å². The minimum Gasteiger partial charge on any atom is -0.477 e. The summed E-state index contributed by atoms with van der Waals surface area (Å²) in [7, 11) is 0. The number of aryl methyl sites for hydroxylation is 1. The van der Waals surface area contributed by atoms with Crippen molar-refractivity contribution in [1.82, 2.24) is 10.2 Å². The van der Waals surface area contributed by atoms with E-state index in [1.165, 1.54) is 11.3 Å². The third-order valence-electron chi connectivity index (χ3n) is 3.43. The number of ether oxygens (including phenoxy) is 1. The van der Waals surface area contributed by atoms with Crippen molar-refractivity contribution in [1.29, 1.82) is 0 Å². The molecule has 1 aromatic heterocycles. The second-order valence-corrected chi connectivity index (χ2v) is 6.17.